The van der Waals surface area contributed by atoms with Gasteiger partial charge in [-0.3, -0.25) is 0 Å². The Balaban J connectivity index is 2.28. The van der Waals surface area contributed by atoms with Crippen LogP contribution >= 0.6 is 0 Å². The maximum Gasteiger partial charge on any atom is 0.353 e. The third kappa shape index (κ3) is 3.26. The smallest absolute Gasteiger partial charge is 0.353 e. The highest BCUT2D eigenvalue weighted by atomic mass is 32.2. The van der Waals surface area contributed by atoms with Gasteiger partial charge in [-0.2, -0.15) is 8.42 Å². The van der Waals surface area contributed by atoms with Crippen LogP contribution in [0, 0.1) is 5.92 Å². The molecule has 0 atom stereocenters. The van der Waals surface area contributed by atoms with E-state index in [-0.39, 0.29) is 24.3 Å². The molecule has 1 N–H and O–H groups in total. The molecule has 0 aromatic carbocycles. The topological polar surface area (TPSA) is 96.3 Å². The second-order valence-electron chi connectivity index (χ2n) is 5.20. The van der Waals surface area contributed by atoms with Gasteiger partial charge in [-0.05, 0) is 38.7 Å². The first-order valence-electron chi connectivity index (χ1n) is 6.99. The number of allylic oxidation sites excluding steroid dienone is 1. The number of methoxy groups -OCH3 is 1. The molecule has 1 saturated carbocycles. The Bertz CT molecular complexity index is 573. The average Bonchev–Trinajstić information content (AvgIpc) is 2.45. The predicted molar refractivity (Wildman–Crippen MR) is 77.2 cm³/mol. The number of nitrogens with zero attached hydrogens (tertiary/aromatic N) is 2. The van der Waals surface area contributed by atoms with E-state index in [1.54, 1.807) is 14.0 Å². The number of likely N-dealkylation sites (N-methyl/N-ethyl adjacent to an activating group) is 1. The van der Waals surface area contributed by atoms with Crippen molar-refractivity contribution in [3.05, 3.63) is 11.8 Å². The summed E-state index contributed by atoms with van der Waals surface area (Å²) >= 11 is 0. The van der Waals surface area contributed by atoms with E-state index in [4.69, 9.17) is 4.74 Å². The van der Waals surface area contributed by atoms with E-state index in [9.17, 15) is 18.3 Å². The van der Waals surface area contributed by atoms with Crippen molar-refractivity contribution in [3.8, 4) is 0 Å². The average molecular weight is 316 g/mol. The summed E-state index contributed by atoms with van der Waals surface area (Å²) in [7, 11) is -2.28. The van der Waals surface area contributed by atoms with Crippen molar-refractivity contribution in [1.82, 2.24) is 4.31 Å². The van der Waals surface area contributed by atoms with Crippen molar-refractivity contribution < 1.29 is 23.1 Å². The van der Waals surface area contributed by atoms with Crippen LogP contribution in [0.3, 0.4) is 0 Å². The summed E-state index contributed by atoms with van der Waals surface area (Å²) in [6, 6.07) is 0. The first kappa shape index (κ1) is 16.0. The third-order valence-electron chi connectivity index (χ3n) is 3.98. The SMILES string of the molecule is CCN1C(C(=O)O)=CC(C2CCC(OC)CC2)=NS1(=O)=O. The Kier molecular flexibility index (Phi) is 4.67. The maximum atomic E-state index is 12.1. The van der Waals surface area contributed by atoms with Crippen LogP contribution in [-0.2, 0) is 19.7 Å². The minimum absolute atomic E-state index is 0.0282. The molecule has 0 radical (unpaired) electrons. The molecule has 21 heavy (non-hydrogen) atoms. The van der Waals surface area contributed by atoms with Crippen molar-refractivity contribution in [2.75, 3.05) is 13.7 Å². The van der Waals surface area contributed by atoms with Crippen LogP contribution in [-0.4, -0.2) is 49.3 Å². The molecule has 2 rings (SSSR count). The van der Waals surface area contributed by atoms with Gasteiger partial charge in [-0.15, -0.1) is 4.40 Å². The fraction of sp³-hybridized carbons (Fsp3) is 0.692. The molecule has 0 spiro atoms. The highest BCUT2D eigenvalue weighted by molar-refractivity contribution is 7.88. The molecular weight excluding hydrogens is 296 g/mol. The second-order valence-corrected chi connectivity index (χ2v) is 6.72. The third-order valence-corrected chi connectivity index (χ3v) is 5.44. The van der Waals surface area contributed by atoms with Gasteiger partial charge in [0.15, 0.2) is 0 Å². The van der Waals surface area contributed by atoms with Gasteiger partial charge in [0.1, 0.15) is 5.70 Å². The van der Waals surface area contributed by atoms with E-state index < -0.39 is 16.2 Å². The number of carbonyl (C=O) groups is 1. The normalized spacial score (nSPS) is 28.8. The molecule has 7 nitrogen and oxygen atoms in total. The maximum absolute atomic E-state index is 12.1. The highest BCUT2D eigenvalue weighted by Crippen LogP contribution is 2.30. The standard InChI is InChI=1S/C13H20N2O5S/c1-3-15-12(13(16)17)8-11(14-21(15,18)19)9-4-6-10(20-2)7-5-9/h8-10H,3-7H2,1-2H3,(H,16,17). The molecule has 0 saturated heterocycles. The molecule has 0 aromatic heterocycles. The Morgan fingerprint density at radius 3 is 2.52 bits per heavy atom. The molecule has 1 aliphatic carbocycles. The van der Waals surface area contributed by atoms with Crippen LogP contribution in [0.15, 0.2) is 16.2 Å². The van der Waals surface area contributed by atoms with E-state index in [0.717, 1.165) is 30.0 Å². The Morgan fingerprint density at radius 1 is 1.43 bits per heavy atom. The number of carboxylic acids is 1. The predicted octanol–water partition coefficient (Wildman–Crippen LogP) is 1.18. The van der Waals surface area contributed by atoms with Crippen molar-refractivity contribution in [1.29, 1.82) is 0 Å². The van der Waals surface area contributed by atoms with Crippen LogP contribution in [0.2, 0.25) is 0 Å². The van der Waals surface area contributed by atoms with Crippen LogP contribution in [0.4, 0.5) is 0 Å². The highest BCUT2D eigenvalue weighted by Gasteiger charge is 2.34. The molecule has 118 valence electrons. The minimum Gasteiger partial charge on any atom is -0.477 e. The molecule has 1 heterocycles. The van der Waals surface area contributed by atoms with E-state index >= 15 is 0 Å². The molecule has 1 aliphatic heterocycles. The van der Waals surface area contributed by atoms with E-state index in [1.165, 1.54) is 6.08 Å². The zero-order chi connectivity index (χ0) is 15.6. The molecule has 0 unspecified atom stereocenters. The summed E-state index contributed by atoms with van der Waals surface area (Å²) in [5, 5.41) is 9.22. The second kappa shape index (κ2) is 6.15. The van der Waals surface area contributed by atoms with Crippen LogP contribution < -0.4 is 0 Å². The number of hydrogen-bond acceptors (Lipinski definition) is 4. The number of hydrogen-bond donors (Lipinski definition) is 1. The molecule has 0 aromatic rings. The Hall–Kier alpha value is -1.41. The molecule has 0 bridgehead atoms. The summed E-state index contributed by atoms with van der Waals surface area (Å²) in [4.78, 5) is 11.3. The fourth-order valence-corrected chi connectivity index (χ4v) is 4.11. The number of ether oxygens (including phenoxy) is 1. The summed E-state index contributed by atoms with van der Waals surface area (Å²) in [6.45, 7) is 1.63. The van der Waals surface area contributed by atoms with Crippen molar-refractivity contribution in [2.24, 2.45) is 10.3 Å². The van der Waals surface area contributed by atoms with Gasteiger partial charge in [0.2, 0.25) is 0 Å². The molecule has 8 heteroatoms. The quantitative estimate of drug-likeness (QED) is 0.840. The van der Waals surface area contributed by atoms with Gasteiger partial charge < -0.3 is 9.84 Å². The summed E-state index contributed by atoms with van der Waals surface area (Å²) in [6.07, 6.45) is 4.74. The molecule has 2 aliphatic rings. The minimum atomic E-state index is -3.94. The first-order chi connectivity index (χ1) is 9.89. The van der Waals surface area contributed by atoms with E-state index in [2.05, 4.69) is 4.40 Å². The van der Waals surface area contributed by atoms with Gasteiger partial charge in [0.25, 0.3) is 0 Å². The van der Waals surface area contributed by atoms with Crippen molar-refractivity contribution >= 4 is 21.9 Å². The lowest BCUT2D eigenvalue weighted by Crippen LogP contribution is -2.38. The molecular formula is C13H20N2O5S. The summed E-state index contributed by atoms with van der Waals surface area (Å²) in [5.74, 6) is -1.28. The molecule has 0 amide bonds. The Morgan fingerprint density at radius 2 is 2.05 bits per heavy atom. The van der Waals surface area contributed by atoms with Crippen molar-refractivity contribution in [2.45, 2.75) is 38.7 Å². The first-order valence-corrected chi connectivity index (χ1v) is 8.39. The monoisotopic (exact) mass is 316 g/mol. The van der Waals surface area contributed by atoms with Gasteiger partial charge in [0.05, 0.1) is 11.8 Å². The number of rotatable bonds is 4. The van der Waals surface area contributed by atoms with Crippen LogP contribution in [0.1, 0.15) is 32.6 Å². The van der Waals surface area contributed by atoms with Crippen LogP contribution in [0.25, 0.3) is 0 Å². The lowest BCUT2D eigenvalue weighted by atomic mass is 9.84. The Labute approximate surface area is 124 Å². The van der Waals surface area contributed by atoms with Crippen LogP contribution in [0.5, 0.6) is 0 Å². The molecule has 1 fully saturated rings. The lowest BCUT2D eigenvalue weighted by molar-refractivity contribution is -0.133. The summed E-state index contributed by atoms with van der Waals surface area (Å²) in [5.41, 5.74) is 0.128. The van der Waals surface area contributed by atoms with Gasteiger partial charge in [0, 0.05) is 19.6 Å². The summed E-state index contributed by atoms with van der Waals surface area (Å²) < 4.78 is 34.1. The lowest BCUT2D eigenvalue weighted by Gasteiger charge is -2.31. The van der Waals surface area contributed by atoms with E-state index in [0.29, 0.717) is 5.71 Å². The van der Waals surface area contributed by atoms with Gasteiger partial charge in [-0.1, -0.05) is 0 Å². The zero-order valence-corrected chi connectivity index (χ0v) is 13.0. The van der Waals surface area contributed by atoms with Gasteiger partial charge in [-0.25, -0.2) is 9.10 Å². The zero-order valence-electron chi connectivity index (χ0n) is 12.2. The fourth-order valence-electron chi connectivity index (χ4n) is 2.83. The largest absolute Gasteiger partial charge is 0.477 e. The van der Waals surface area contributed by atoms with Crippen molar-refractivity contribution in [3.63, 3.8) is 0 Å². The van der Waals surface area contributed by atoms with Gasteiger partial charge >= 0.3 is 16.2 Å². The number of carboxylic acid groups (broad SMARTS) is 1. The van der Waals surface area contributed by atoms with E-state index in [1.807, 2.05) is 0 Å². The number of aliphatic carboxylic acids is 1.